The van der Waals surface area contributed by atoms with E-state index in [0.717, 1.165) is 27.4 Å². The first-order valence-corrected chi connectivity index (χ1v) is 8.58. The summed E-state index contributed by atoms with van der Waals surface area (Å²) in [7, 11) is 0. The predicted molar refractivity (Wildman–Crippen MR) is 92.1 cm³/mol. The molecule has 2 aromatic carbocycles. The standard InChI is InChI=1S/C15H14BrCl2NS/c1-2-19-9-10-3-4-11(7-13(10)16)20-12-5-6-14(17)15(18)8-12/h3-8,19H,2,9H2,1H3. The van der Waals surface area contributed by atoms with Gasteiger partial charge in [-0.05, 0) is 42.4 Å². The number of halogens is 3. The number of hydrogen-bond donors (Lipinski definition) is 1. The van der Waals surface area contributed by atoms with Crippen LogP contribution in [0.5, 0.6) is 0 Å². The summed E-state index contributed by atoms with van der Waals surface area (Å²) in [5, 5.41) is 4.48. The van der Waals surface area contributed by atoms with Gasteiger partial charge in [-0.25, -0.2) is 0 Å². The van der Waals surface area contributed by atoms with Gasteiger partial charge in [0, 0.05) is 20.8 Å². The first kappa shape index (κ1) is 16.2. The van der Waals surface area contributed by atoms with E-state index in [1.54, 1.807) is 11.8 Å². The van der Waals surface area contributed by atoms with Crippen molar-refractivity contribution in [3.05, 3.63) is 56.5 Å². The minimum atomic E-state index is 0.582. The SMILES string of the molecule is CCNCc1ccc(Sc2ccc(Cl)c(Cl)c2)cc1Br. The molecular weight excluding hydrogens is 377 g/mol. The third kappa shape index (κ3) is 4.40. The third-order valence-electron chi connectivity index (χ3n) is 2.72. The van der Waals surface area contributed by atoms with Crippen molar-refractivity contribution in [1.82, 2.24) is 5.32 Å². The maximum Gasteiger partial charge on any atom is 0.0603 e. The van der Waals surface area contributed by atoms with E-state index in [9.17, 15) is 0 Å². The summed E-state index contributed by atoms with van der Waals surface area (Å²) < 4.78 is 1.11. The molecule has 0 unspecified atom stereocenters. The summed E-state index contributed by atoms with van der Waals surface area (Å²) in [5.74, 6) is 0. The zero-order chi connectivity index (χ0) is 14.5. The highest BCUT2D eigenvalue weighted by molar-refractivity contribution is 9.10. The fraction of sp³-hybridized carbons (Fsp3) is 0.200. The van der Waals surface area contributed by atoms with Gasteiger partial charge in [-0.15, -0.1) is 0 Å². The molecule has 0 fully saturated rings. The van der Waals surface area contributed by atoms with Crippen molar-refractivity contribution in [3.8, 4) is 0 Å². The van der Waals surface area contributed by atoms with Crippen LogP contribution in [0.1, 0.15) is 12.5 Å². The van der Waals surface area contributed by atoms with Gasteiger partial charge in [0.25, 0.3) is 0 Å². The quantitative estimate of drug-likeness (QED) is 0.670. The second-order valence-electron chi connectivity index (χ2n) is 4.21. The summed E-state index contributed by atoms with van der Waals surface area (Å²) in [6, 6.07) is 12.0. The molecule has 106 valence electrons. The Morgan fingerprint density at radius 2 is 1.75 bits per heavy atom. The molecule has 0 bridgehead atoms. The Bertz CT molecular complexity index is 604. The molecule has 0 amide bonds. The highest BCUT2D eigenvalue weighted by atomic mass is 79.9. The van der Waals surface area contributed by atoms with Crippen LogP contribution >= 0.6 is 50.9 Å². The Kier molecular flexibility index (Phi) is 6.24. The van der Waals surface area contributed by atoms with E-state index in [1.165, 1.54) is 5.56 Å². The lowest BCUT2D eigenvalue weighted by atomic mass is 10.2. The van der Waals surface area contributed by atoms with E-state index in [-0.39, 0.29) is 0 Å². The van der Waals surface area contributed by atoms with E-state index in [4.69, 9.17) is 23.2 Å². The molecule has 20 heavy (non-hydrogen) atoms. The van der Waals surface area contributed by atoms with Crippen molar-refractivity contribution in [2.24, 2.45) is 0 Å². The maximum atomic E-state index is 6.03. The zero-order valence-electron chi connectivity index (χ0n) is 10.9. The average molecular weight is 391 g/mol. The molecular formula is C15H14BrCl2NS. The van der Waals surface area contributed by atoms with Gasteiger partial charge >= 0.3 is 0 Å². The minimum Gasteiger partial charge on any atom is -0.313 e. The minimum absolute atomic E-state index is 0.582. The molecule has 0 spiro atoms. The van der Waals surface area contributed by atoms with Crippen molar-refractivity contribution in [2.45, 2.75) is 23.3 Å². The van der Waals surface area contributed by atoms with Crippen molar-refractivity contribution >= 4 is 50.9 Å². The highest BCUT2D eigenvalue weighted by Crippen LogP contribution is 2.34. The molecule has 0 heterocycles. The van der Waals surface area contributed by atoms with Gasteiger partial charge in [0.2, 0.25) is 0 Å². The van der Waals surface area contributed by atoms with Crippen molar-refractivity contribution in [2.75, 3.05) is 6.54 Å². The van der Waals surface area contributed by atoms with Crippen LogP contribution in [-0.2, 0) is 6.54 Å². The first-order valence-electron chi connectivity index (χ1n) is 6.22. The van der Waals surface area contributed by atoms with Crippen LogP contribution in [0.25, 0.3) is 0 Å². The average Bonchev–Trinajstić information content (AvgIpc) is 2.42. The molecule has 1 N–H and O–H groups in total. The van der Waals surface area contributed by atoms with E-state index < -0.39 is 0 Å². The largest absolute Gasteiger partial charge is 0.313 e. The summed E-state index contributed by atoms with van der Waals surface area (Å²) in [4.78, 5) is 2.24. The molecule has 2 aromatic rings. The molecule has 0 aliphatic carbocycles. The number of hydrogen-bond acceptors (Lipinski definition) is 2. The van der Waals surface area contributed by atoms with Crippen LogP contribution in [0.4, 0.5) is 0 Å². The Balaban J connectivity index is 2.13. The molecule has 5 heteroatoms. The lowest BCUT2D eigenvalue weighted by Gasteiger charge is -2.08. The summed E-state index contributed by atoms with van der Waals surface area (Å²) in [6.45, 7) is 3.93. The third-order valence-corrected chi connectivity index (χ3v) is 5.17. The van der Waals surface area contributed by atoms with Crippen LogP contribution in [0, 0.1) is 0 Å². The van der Waals surface area contributed by atoms with Gasteiger partial charge in [-0.2, -0.15) is 0 Å². The summed E-state index contributed by atoms with van der Waals surface area (Å²) in [5.41, 5.74) is 1.25. The second-order valence-corrected chi connectivity index (χ2v) is 7.03. The molecule has 0 atom stereocenters. The topological polar surface area (TPSA) is 12.0 Å². The lowest BCUT2D eigenvalue weighted by Crippen LogP contribution is -2.11. The van der Waals surface area contributed by atoms with E-state index in [2.05, 4.69) is 46.4 Å². The van der Waals surface area contributed by atoms with Gasteiger partial charge in [0.1, 0.15) is 0 Å². The summed E-state index contributed by atoms with van der Waals surface area (Å²) >= 11 is 17.2. The van der Waals surface area contributed by atoms with Gasteiger partial charge in [0.15, 0.2) is 0 Å². The molecule has 0 aliphatic heterocycles. The smallest absolute Gasteiger partial charge is 0.0603 e. The zero-order valence-corrected chi connectivity index (χ0v) is 14.8. The fourth-order valence-corrected chi connectivity index (χ4v) is 3.60. The molecule has 0 radical (unpaired) electrons. The van der Waals surface area contributed by atoms with Gasteiger partial charge in [-0.3, -0.25) is 0 Å². The number of benzene rings is 2. The van der Waals surface area contributed by atoms with Gasteiger partial charge in [0.05, 0.1) is 10.0 Å². The van der Waals surface area contributed by atoms with E-state index >= 15 is 0 Å². The first-order chi connectivity index (χ1) is 9.60. The molecule has 0 aromatic heterocycles. The summed E-state index contributed by atoms with van der Waals surface area (Å²) in [6.07, 6.45) is 0. The van der Waals surface area contributed by atoms with Crippen LogP contribution in [0.3, 0.4) is 0 Å². The fourth-order valence-electron chi connectivity index (χ4n) is 1.67. The molecule has 1 nitrogen and oxygen atoms in total. The van der Waals surface area contributed by atoms with E-state index in [1.807, 2.05) is 18.2 Å². The second kappa shape index (κ2) is 7.71. The molecule has 0 saturated carbocycles. The highest BCUT2D eigenvalue weighted by Gasteiger charge is 2.05. The molecule has 0 aliphatic rings. The number of rotatable bonds is 5. The van der Waals surface area contributed by atoms with Crippen LogP contribution in [0.15, 0.2) is 50.7 Å². The van der Waals surface area contributed by atoms with Crippen molar-refractivity contribution in [1.29, 1.82) is 0 Å². The molecule has 0 saturated heterocycles. The van der Waals surface area contributed by atoms with Crippen LogP contribution < -0.4 is 5.32 Å². The monoisotopic (exact) mass is 389 g/mol. The Morgan fingerprint density at radius 1 is 1.05 bits per heavy atom. The van der Waals surface area contributed by atoms with Crippen molar-refractivity contribution in [3.63, 3.8) is 0 Å². The Labute approximate surface area is 142 Å². The maximum absolute atomic E-state index is 6.03. The van der Waals surface area contributed by atoms with Crippen LogP contribution in [-0.4, -0.2) is 6.54 Å². The normalized spacial score (nSPS) is 10.8. The predicted octanol–water partition coefficient (Wildman–Crippen LogP) is 6.02. The van der Waals surface area contributed by atoms with Gasteiger partial charge in [-0.1, -0.05) is 63.9 Å². The van der Waals surface area contributed by atoms with Crippen LogP contribution in [0.2, 0.25) is 10.0 Å². The Hall–Kier alpha value is -0.190. The number of nitrogens with one attached hydrogen (secondary N) is 1. The molecule has 2 rings (SSSR count). The van der Waals surface area contributed by atoms with Crippen molar-refractivity contribution < 1.29 is 0 Å². The van der Waals surface area contributed by atoms with E-state index in [0.29, 0.717) is 10.0 Å². The Morgan fingerprint density at radius 3 is 2.40 bits per heavy atom. The lowest BCUT2D eigenvalue weighted by molar-refractivity contribution is 0.724. The van der Waals surface area contributed by atoms with Gasteiger partial charge < -0.3 is 5.32 Å².